The number of carbonyl (C=O) groups is 5. The maximum Gasteiger partial charge on any atom is 0.335 e. The van der Waals surface area contributed by atoms with Crippen LogP contribution in [-0.4, -0.2) is 84.1 Å². The molecule has 0 spiro atoms. The first-order valence-corrected chi connectivity index (χ1v) is 17.9. The van der Waals surface area contributed by atoms with E-state index in [1.165, 1.54) is 36.6 Å². The lowest BCUT2D eigenvalue weighted by atomic mass is 9.78. The van der Waals surface area contributed by atoms with Crippen molar-refractivity contribution < 1.29 is 29.1 Å². The van der Waals surface area contributed by atoms with Crippen molar-refractivity contribution in [1.29, 1.82) is 0 Å². The fourth-order valence-corrected chi connectivity index (χ4v) is 6.39. The molecule has 0 radical (unpaired) electrons. The molecule has 0 atom stereocenters. The zero-order chi connectivity index (χ0) is 39.1. The highest BCUT2D eigenvalue weighted by atomic mass is 16.4. The lowest BCUT2D eigenvalue weighted by molar-refractivity contribution is -0.146. The van der Waals surface area contributed by atoms with Crippen LogP contribution in [0.5, 0.6) is 0 Å². The van der Waals surface area contributed by atoms with Crippen molar-refractivity contribution in [2.45, 2.75) is 52.6 Å². The van der Waals surface area contributed by atoms with Crippen LogP contribution in [0.1, 0.15) is 69.7 Å². The van der Waals surface area contributed by atoms with Crippen molar-refractivity contribution in [2.24, 2.45) is 10.4 Å². The van der Waals surface area contributed by atoms with Crippen LogP contribution < -0.4 is 16.0 Å². The van der Waals surface area contributed by atoms with Gasteiger partial charge in [-0.1, -0.05) is 50.1 Å². The average molecular weight is 733 g/mol. The summed E-state index contributed by atoms with van der Waals surface area (Å²) in [5.41, 5.74) is 3.79. The number of terminal acetylenes is 1. The van der Waals surface area contributed by atoms with Crippen molar-refractivity contribution in [3.8, 4) is 12.3 Å². The lowest BCUT2D eigenvalue weighted by Gasteiger charge is -2.41. The van der Waals surface area contributed by atoms with Gasteiger partial charge in [-0.05, 0) is 97.1 Å². The summed E-state index contributed by atoms with van der Waals surface area (Å²) in [6.45, 7) is 5.21. The molecule has 1 saturated heterocycles. The summed E-state index contributed by atoms with van der Waals surface area (Å²) in [6.07, 6.45) is 11.3. The number of carboxylic acid groups (broad SMARTS) is 1. The van der Waals surface area contributed by atoms with E-state index < -0.39 is 11.4 Å². The number of piperidine rings is 1. The van der Waals surface area contributed by atoms with Gasteiger partial charge in [-0.3, -0.25) is 24.2 Å². The number of rotatable bonds is 16. The van der Waals surface area contributed by atoms with E-state index in [0.29, 0.717) is 50.1 Å². The number of hydrogen-bond donors (Lipinski definition) is 4. The summed E-state index contributed by atoms with van der Waals surface area (Å²) in [5.74, 6) is 0.265. The molecule has 12 nitrogen and oxygen atoms in total. The predicted octanol–water partition coefficient (Wildman–Crippen LogP) is 4.45. The van der Waals surface area contributed by atoms with Gasteiger partial charge >= 0.3 is 5.97 Å². The Morgan fingerprint density at radius 3 is 2.28 bits per heavy atom. The van der Waals surface area contributed by atoms with Crippen molar-refractivity contribution in [3.63, 3.8) is 0 Å². The normalized spacial score (nSPS) is 13.7. The summed E-state index contributed by atoms with van der Waals surface area (Å²) in [5, 5.41) is 18.1. The minimum atomic E-state index is -1.07. The molecule has 1 aliphatic heterocycles. The number of nitrogens with one attached hydrogen (secondary N) is 3. The van der Waals surface area contributed by atoms with E-state index in [1.54, 1.807) is 28.0 Å². The Balaban J connectivity index is 1.48. The van der Waals surface area contributed by atoms with Crippen molar-refractivity contribution in [2.75, 3.05) is 38.7 Å². The van der Waals surface area contributed by atoms with Crippen LogP contribution in [0.2, 0.25) is 0 Å². The molecule has 282 valence electrons. The first-order chi connectivity index (χ1) is 26.0. The van der Waals surface area contributed by atoms with Crippen LogP contribution in [0.15, 0.2) is 83.9 Å². The van der Waals surface area contributed by atoms with Crippen LogP contribution in [0.25, 0.3) is 0 Å². The fourth-order valence-electron chi connectivity index (χ4n) is 6.39. The number of allylic oxidation sites excluding steroid dienone is 2. The second-order valence-corrected chi connectivity index (χ2v) is 13.4. The third-order valence-electron chi connectivity index (χ3n) is 9.49. The molecule has 1 fully saturated rings. The number of aromatic carboxylic acids is 1. The zero-order valence-corrected chi connectivity index (χ0v) is 31.1. The molecule has 4 amide bonds. The SMILES string of the molecule is C#C/C=C\C=NCNC(=O)Cc1cc(NC(=O)CN(Cc2ccccc2CNC)C(=O)C2(C)CCN(C(=O)c3ccc(C(=O)O)cc3)CC2)ccc1CC. The van der Waals surface area contributed by atoms with Crippen LogP contribution in [0.4, 0.5) is 5.69 Å². The Kier molecular flexibility index (Phi) is 14.8. The fraction of sp³-hybridized carbons (Fsp3) is 0.333. The molecule has 0 bridgehead atoms. The maximum atomic E-state index is 14.5. The van der Waals surface area contributed by atoms with Crippen molar-refractivity contribution in [3.05, 3.63) is 112 Å². The molecular weight excluding hydrogens is 684 g/mol. The topological polar surface area (TPSA) is 161 Å². The molecule has 0 aromatic heterocycles. The Bertz CT molecular complexity index is 1920. The van der Waals surface area contributed by atoms with Gasteiger partial charge in [0.1, 0.15) is 13.2 Å². The van der Waals surface area contributed by atoms with E-state index >= 15 is 0 Å². The minimum absolute atomic E-state index is 0.0951. The van der Waals surface area contributed by atoms with Gasteiger partial charge in [0.15, 0.2) is 0 Å². The molecule has 1 aliphatic rings. The first-order valence-electron chi connectivity index (χ1n) is 17.9. The number of nitrogens with zero attached hydrogens (tertiary/aromatic N) is 3. The van der Waals surface area contributed by atoms with E-state index in [2.05, 4.69) is 26.9 Å². The van der Waals surface area contributed by atoms with Crippen LogP contribution >= 0.6 is 0 Å². The smallest absolute Gasteiger partial charge is 0.335 e. The number of amides is 4. The number of hydrogen-bond acceptors (Lipinski definition) is 7. The highest BCUT2D eigenvalue weighted by Gasteiger charge is 2.41. The summed E-state index contributed by atoms with van der Waals surface area (Å²) < 4.78 is 0. The Morgan fingerprint density at radius 1 is 0.944 bits per heavy atom. The average Bonchev–Trinajstić information content (AvgIpc) is 3.16. The Hall–Kier alpha value is -6.06. The summed E-state index contributed by atoms with van der Waals surface area (Å²) >= 11 is 0. The van der Waals surface area contributed by atoms with Gasteiger partial charge in [-0.15, -0.1) is 6.42 Å². The molecule has 12 heteroatoms. The first kappa shape index (κ1) is 40.7. The zero-order valence-electron chi connectivity index (χ0n) is 31.1. The van der Waals surface area contributed by atoms with E-state index in [-0.39, 0.29) is 55.4 Å². The van der Waals surface area contributed by atoms with Gasteiger partial charge < -0.3 is 30.9 Å². The molecule has 1 heterocycles. The van der Waals surface area contributed by atoms with E-state index in [4.69, 9.17) is 6.42 Å². The third kappa shape index (κ3) is 11.2. The van der Waals surface area contributed by atoms with Crippen molar-refractivity contribution >= 4 is 41.5 Å². The lowest BCUT2D eigenvalue weighted by Crippen LogP contribution is -2.51. The van der Waals surface area contributed by atoms with Crippen LogP contribution in [0.3, 0.4) is 0 Å². The van der Waals surface area contributed by atoms with Gasteiger partial charge in [0.25, 0.3) is 5.91 Å². The number of benzene rings is 3. The summed E-state index contributed by atoms with van der Waals surface area (Å²) in [6, 6.07) is 19.0. The monoisotopic (exact) mass is 732 g/mol. The van der Waals surface area contributed by atoms with Gasteiger partial charge in [0.05, 0.1) is 12.0 Å². The number of aryl methyl sites for hydroxylation is 1. The van der Waals surface area contributed by atoms with Crippen LogP contribution in [0, 0.1) is 17.8 Å². The molecular formula is C42H48N6O6. The number of carboxylic acids is 1. The van der Waals surface area contributed by atoms with Crippen LogP contribution in [-0.2, 0) is 40.3 Å². The van der Waals surface area contributed by atoms with Gasteiger partial charge in [-0.25, -0.2) is 4.79 Å². The summed E-state index contributed by atoms with van der Waals surface area (Å²) in [4.78, 5) is 72.7. The van der Waals surface area contributed by atoms with Crippen molar-refractivity contribution in [1.82, 2.24) is 20.4 Å². The number of anilines is 1. The molecule has 54 heavy (non-hydrogen) atoms. The Morgan fingerprint density at radius 2 is 1.63 bits per heavy atom. The summed E-state index contributed by atoms with van der Waals surface area (Å²) in [7, 11) is 1.85. The maximum absolute atomic E-state index is 14.5. The molecule has 0 saturated carbocycles. The highest BCUT2D eigenvalue weighted by Crippen LogP contribution is 2.34. The third-order valence-corrected chi connectivity index (χ3v) is 9.49. The predicted molar refractivity (Wildman–Crippen MR) is 209 cm³/mol. The van der Waals surface area contributed by atoms with Gasteiger partial charge in [0.2, 0.25) is 17.7 Å². The van der Waals surface area contributed by atoms with E-state index in [9.17, 15) is 29.1 Å². The largest absolute Gasteiger partial charge is 0.478 e. The minimum Gasteiger partial charge on any atom is -0.478 e. The Labute approximate surface area is 316 Å². The molecule has 4 rings (SSSR count). The quantitative estimate of drug-likeness (QED) is 0.125. The molecule has 4 N–H and O–H groups in total. The van der Waals surface area contributed by atoms with E-state index in [0.717, 1.165) is 22.3 Å². The second-order valence-electron chi connectivity index (χ2n) is 13.4. The second kappa shape index (κ2) is 19.7. The number of carbonyl (C=O) groups excluding carboxylic acids is 4. The standard InChI is InChI=1S/C42H48N6O6/c1-5-7-10-21-44-29-45-37(49)25-35-24-36(18-17-30(35)6-2)46-38(50)28-48(27-34-12-9-8-11-33(34)26-43-4)41(54)42(3)19-22-47(23-20-42)39(51)31-13-15-32(16-14-31)40(52)53/h1,7-18,21,24,43H,6,19-20,22-23,25-29H2,2-4H3,(H,45,49)(H,46,50)(H,52,53)/b10-7-,44-21?. The van der Waals surface area contributed by atoms with E-state index in [1.807, 2.05) is 51.2 Å². The van der Waals surface area contributed by atoms with Gasteiger partial charge in [-0.2, -0.15) is 0 Å². The van der Waals surface area contributed by atoms with Gasteiger partial charge in [0, 0.05) is 49.1 Å². The highest BCUT2D eigenvalue weighted by molar-refractivity contribution is 5.97. The molecule has 3 aromatic rings. The number of likely N-dealkylation sites (tertiary alicyclic amines) is 1. The molecule has 0 aliphatic carbocycles. The molecule has 0 unspecified atom stereocenters. The molecule has 3 aromatic carbocycles. The number of aliphatic imine (C=N–C) groups is 1.